The molecular formula is C6H15NO4. The van der Waals surface area contributed by atoms with Crippen LogP contribution < -0.4 is 5.73 Å². The van der Waals surface area contributed by atoms with Gasteiger partial charge in [0.15, 0.2) is 0 Å². The summed E-state index contributed by atoms with van der Waals surface area (Å²) >= 11 is 0. The molecule has 0 fully saturated rings. The summed E-state index contributed by atoms with van der Waals surface area (Å²) in [7, 11) is 0. The van der Waals surface area contributed by atoms with E-state index in [2.05, 4.69) is 0 Å². The first-order valence-electron chi connectivity index (χ1n) is 3.48. The van der Waals surface area contributed by atoms with Crippen molar-refractivity contribution in [1.82, 2.24) is 0 Å². The average molecular weight is 165 g/mol. The van der Waals surface area contributed by atoms with Gasteiger partial charge in [0.05, 0.1) is 12.2 Å². The molecule has 0 aliphatic heterocycles. The van der Waals surface area contributed by atoms with E-state index < -0.39 is 18.3 Å². The molecule has 0 bridgehead atoms. The van der Waals surface area contributed by atoms with Gasteiger partial charge < -0.3 is 26.2 Å². The van der Waals surface area contributed by atoms with Gasteiger partial charge in [0, 0.05) is 13.2 Å². The molecule has 0 saturated heterocycles. The molecule has 3 atom stereocenters. The van der Waals surface area contributed by atoms with Crippen LogP contribution in [0, 0.1) is 0 Å². The zero-order valence-corrected chi connectivity index (χ0v) is 6.22. The minimum atomic E-state index is -1.27. The summed E-state index contributed by atoms with van der Waals surface area (Å²) in [6, 6.07) is 0. The molecule has 0 heterocycles. The number of rotatable bonds is 5. The standard InChI is InChI=1S/C6H15NO4/c7-3-5(10)6(11)4(9)1-2-8/h4-6,8-11H,1-3,7H2/t4-,5+,6+/m1/s1. The topological polar surface area (TPSA) is 107 Å². The van der Waals surface area contributed by atoms with E-state index in [1.54, 1.807) is 0 Å². The van der Waals surface area contributed by atoms with E-state index >= 15 is 0 Å². The Labute approximate surface area is 65.1 Å². The largest absolute Gasteiger partial charge is 0.396 e. The van der Waals surface area contributed by atoms with Gasteiger partial charge in [-0.05, 0) is 6.42 Å². The molecule has 68 valence electrons. The number of hydrogen-bond acceptors (Lipinski definition) is 5. The van der Waals surface area contributed by atoms with Crippen molar-refractivity contribution in [2.45, 2.75) is 24.7 Å². The van der Waals surface area contributed by atoms with E-state index in [1.807, 2.05) is 0 Å². The third-order valence-corrected chi connectivity index (χ3v) is 1.45. The van der Waals surface area contributed by atoms with Gasteiger partial charge in [-0.1, -0.05) is 0 Å². The molecule has 6 N–H and O–H groups in total. The van der Waals surface area contributed by atoms with E-state index in [1.165, 1.54) is 0 Å². The highest BCUT2D eigenvalue weighted by Gasteiger charge is 2.22. The van der Waals surface area contributed by atoms with Crippen LogP contribution in [0.3, 0.4) is 0 Å². The Hall–Kier alpha value is -0.200. The van der Waals surface area contributed by atoms with Gasteiger partial charge in [-0.2, -0.15) is 0 Å². The molecule has 0 aromatic heterocycles. The predicted octanol–water partition coefficient (Wildman–Crippen LogP) is -2.59. The van der Waals surface area contributed by atoms with Gasteiger partial charge in [0.2, 0.25) is 0 Å². The minimum absolute atomic E-state index is 0.0399. The summed E-state index contributed by atoms with van der Waals surface area (Å²) in [5, 5.41) is 35.3. The van der Waals surface area contributed by atoms with Crippen LogP contribution in [0.5, 0.6) is 0 Å². The lowest BCUT2D eigenvalue weighted by Crippen LogP contribution is -2.41. The molecule has 5 nitrogen and oxygen atoms in total. The summed E-state index contributed by atoms with van der Waals surface area (Å²) in [4.78, 5) is 0. The second-order valence-electron chi connectivity index (χ2n) is 2.37. The highest BCUT2D eigenvalue weighted by Crippen LogP contribution is 2.02. The van der Waals surface area contributed by atoms with Gasteiger partial charge in [0.1, 0.15) is 6.10 Å². The maximum absolute atomic E-state index is 9.03. The second-order valence-corrected chi connectivity index (χ2v) is 2.37. The quantitative estimate of drug-likeness (QED) is 0.307. The highest BCUT2D eigenvalue weighted by atomic mass is 16.4. The van der Waals surface area contributed by atoms with Crippen molar-refractivity contribution in [2.24, 2.45) is 5.73 Å². The fourth-order valence-corrected chi connectivity index (χ4v) is 0.699. The van der Waals surface area contributed by atoms with Crippen molar-refractivity contribution < 1.29 is 20.4 Å². The predicted molar refractivity (Wildman–Crippen MR) is 38.8 cm³/mol. The molecule has 11 heavy (non-hydrogen) atoms. The molecule has 0 rings (SSSR count). The third kappa shape index (κ3) is 3.64. The Morgan fingerprint density at radius 3 is 2.00 bits per heavy atom. The van der Waals surface area contributed by atoms with E-state index in [0.29, 0.717) is 0 Å². The molecule has 0 radical (unpaired) electrons. The van der Waals surface area contributed by atoms with Crippen molar-refractivity contribution in [3.63, 3.8) is 0 Å². The van der Waals surface area contributed by atoms with E-state index in [4.69, 9.17) is 26.2 Å². The molecule has 5 heteroatoms. The Morgan fingerprint density at radius 1 is 1.09 bits per heavy atom. The van der Waals surface area contributed by atoms with Crippen molar-refractivity contribution >= 4 is 0 Å². The first kappa shape index (κ1) is 10.8. The number of aliphatic hydroxyl groups is 4. The zero-order chi connectivity index (χ0) is 8.85. The van der Waals surface area contributed by atoms with Crippen molar-refractivity contribution in [3.8, 4) is 0 Å². The Morgan fingerprint density at radius 2 is 1.64 bits per heavy atom. The van der Waals surface area contributed by atoms with Crippen LogP contribution in [0.25, 0.3) is 0 Å². The van der Waals surface area contributed by atoms with Gasteiger partial charge >= 0.3 is 0 Å². The molecule has 0 unspecified atom stereocenters. The summed E-state index contributed by atoms with van der Waals surface area (Å²) in [5.41, 5.74) is 5.02. The third-order valence-electron chi connectivity index (χ3n) is 1.45. The Kier molecular flexibility index (Phi) is 5.35. The zero-order valence-electron chi connectivity index (χ0n) is 6.22. The average Bonchev–Trinajstić information content (AvgIpc) is 2.02. The summed E-state index contributed by atoms with van der Waals surface area (Å²) in [6.45, 7) is -0.334. The minimum Gasteiger partial charge on any atom is -0.396 e. The smallest absolute Gasteiger partial charge is 0.107 e. The van der Waals surface area contributed by atoms with Gasteiger partial charge in [-0.3, -0.25) is 0 Å². The fraction of sp³-hybridized carbons (Fsp3) is 1.00. The lowest BCUT2D eigenvalue weighted by Gasteiger charge is -2.20. The molecule has 0 aliphatic carbocycles. The van der Waals surface area contributed by atoms with Crippen LogP contribution in [0.15, 0.2) is 0 Å². The summed E-state index contributed by atoms with van der Waals surface area (Å²) < 4.78 is 0. The second kappa shape index (κ2) is 5.45. The van der Waals surface area contributed by atoms with Crippen LogP contribution in [-0.2, 0) is 0 Å². The molecule has 0 amide bonds. The first-order chi connectivity index (χ1) is 5.13. The lowest BCUT2D eigenvalue weighted by molar-refractivity contribution is -0.0617. The van der Waals surface area contributed by atoms with E-state index in [0.717, 1.165) is 0 Å². The Balaban J connectivity index is 3.70. The lowest BCUT2D eigenvalue weighted by atomic mass is 10.1. The molecular weight excluding hydrogens is 150 g/mol. The van der Waals surface area contributed by atoms with Gasteiger partial charge in [-0.15, -0.1) is 0 Å². The molecule has 0 aliphatic rings. The summed E-state index contributed by atoms with van der Waals surface area (Å²) in [5.74, 6) is 0. The van der Waals surface area contributed by atoms with Crippen molar-refractivity contribution in [2.75, 3.05) is 13.2 Å². The van der Waals surface area contributed by atoms with Crippen LogP contribution in [0.4, 0.5) is 0 Å². The van der Waals surface area contributed by atoms with Gasteiger partial charge in [0.25, 0.3) is 0 Å². The van der Waals surface area contributed by atoms with E-state index in [-0.39, 0.29) is 19.6 Å². The van der Waals surface area contributed by atoms with Gasteiger partial charge in [-0.25, -0.2) is 0 Å². The van der Waals surface area contributed by atoms with Crippen LogP contribution in [-0.4, -0.2) is 51.9 Å². The highest BCUT2D eigenvalue weighted by molar-refractivity contribution is 4.75. The van der Waals surface area contributed by atoms with E-state index in [9.17, 15) is 0 Å². The molecule has 0 aromatic rings. The van der Waals surface area contributed by atoms with Crippen molar-refractivity contribution in [3.05, 3.63) is 0 Å². The van der Waals surface area contributed by atoms with Crippen LogP contribution in [0.2, 0.25) is 0 Å². The number of aliphatic hydroxyl groups excluding tert-OH is 4. The first-order valence-corrected chi connectivity index (χ1v) is 3.48. The fourth-order valence-electron chi connectivity index (χ4n) is 0.699. The maximum atomic E-state index is 9.03. The van der Waals surface area contributed by atoms with Crippen molar-refractivity contribution in [1.29, 1.82) is 0 Å². The maximum Gasteiger partial charge on any atom is 0.107 e. The summed E-state index contributed by atoms with van der Waals surface area (Å²) in [6.07, 6.45) is -3.47. The molecule has 0 saturated carbocycles. The number of hydrogen-bond donors (Lipinski definition) is 5. The molecule has 0 aromatic carbocycles. The van der Waals surface area contributed by atoms with Crippen LogP contribution >= 0.6 is 0 Å². The normalized spacial score (nSPS) is 19.4. The monoisotopic (exact) mass is 165 g/mol. The molecule has 0 spiro atoms. The van der Waals surface area contributed by atoms with Crippen LogP contribution in [0.1, 0.15) is 6.42 Å². The number of nitrogens with two attached hydrogens (primary N) is 1. The SMILES string of the molecule is NC[C@H](O)[C@@H](O)[C@H](O)CCO. The Bertz CT molecular complexity index is 101.